The predicted molar refractivity (Wildman–Crippen MR) is 77.5 cm³/mol. The van der Waals surface area contributed by atoms with Gasteiger partial charge in [0, 0.05) is 30.7 Å². The van der Waals surface area contributed by atoms with Crippen molar-refractivity contribution < 1.29 is 0 Å². The van der Waals surface area contributed by atoms with Crippen molar-refractivity contribution in [3.63, 3.8) is 0 Å². The van der Waals surface area contributed by atoms with Crippen molar-refractivity contribution in [1.29, 1.82) is 0 Å². The molecular weight excluding hydrogens is 258 g/mol. The zero-order chi connectivity index (χ0) is 13.1. The number of pyridine rings is 1. The molecule has 0 saturated carbocycles. The van der Waals surface area contributed by atoms with E-state index in [1.165, 1.54) is 6.42 Å². The zero-order valence-electron chi connectivity index (χ0n) is 10.7. The largest absolute Gasteiger partial charge is 0.360 e. The molecule has 3 rings (SSSR count). The molecule has 19 heavy (non-hydrogen) atoms. The maximum atomic E-state index is 4.23. The summed E-state index contributed by atoms with van der Waals surface area (Å²) in [5.74, 6) is 0. The second-order valence-electron chi connectivity index (χ2n) is 4.30. The lowest BCUT2D eigenvalue weighted by Gasteiger charge is -1.98. The van der Waals surface area contributed by atoms with E-state index < -0.39 is 0 Å². The average molecular weight is 273 g/mol. The SMILES string of the molecule is CCCCNc1nnc(-c2ccc3nccn3c2)s1. The van der Waals surface area contributed by atoms with Crippen molar-refractivity contribution in [2.24, 2.45) is 0 Å². The van der Waals surface area contributed by atoms with Gasteiger partial charge in [-0.1, -0.05) is 24.7 Å². The first-order valence-electron chi connectivity index (χ1n) is 6.37. The van der Waals surface area contributed by atoms with Crippen LogP contribution in [0, 0.1) is 0 Å². The number of nitrogens with one attached hydrogen (secondary N) is 1. The standard InChI is InChI=1S/C13H15N5S/c1-2-3-6-15-13-17-16-12(19-13)10-4-5-11-14-7-8-18(11)9-10/h4-5,7-9H,2-3,6H2,1H3,(H,15,17). The van der Waals surface area contributed by atoms with E-state index in [-0.39, 0.29) is 0 Å². The summed E-state index contributed by atoms with van der Waals surface area (Å²) in [7, 11) is 0. The zero-order valence-corrected chi connectivity index (χ0v) is 11.5. The first-order chi connectivity index (χ1) is 9.36. The Kier molecular flexibility index (Phi) is 3.41. The van der Waals surface area contributed by atoms with E-state index in [0.29, 0.717) is 0 Å². The van der Waals surface area contributed by atoms with Crippen LogP contribution >= 0.6 is 11.3 Å². The van der Waals surface area contributed by atoms with Crippen LogP contribution in [0.25, 0.3) is 16.2 Å². The van der Waals surface area contributed by atoms with Gasteiger partial charge in [0.2, 0.25) is 5.13 Å². The quantitative estimate of drug-likeness (QED) is 0.726. The van der Waals surface area contributed by atoms with Crippen molar-refractivity contribution in [3.8, 4) is 10.6 Å². The van der Waals surface area contributed by atoms with Crippen LogP contribution in [0.2, 0.25) is 0 Å². The third-order valence-corrected chi connectivity index (χ3v) is 3.80. The number of anilines is 1. The summed E-state index contributed by atoms with van der Waals surface area (Å²) in [5.41, 5.74) is 2.00. The molecular formula is C13H15N5S. The molecule has 6 heteroatoms. The third kappa shape index (κ3) is 2.58. The van der Waals surface area contributed by atoms with Gasteiger partial charge in [-0.2, -0.15) is 0 Å². The Bertz CT molecular complexity index is 672. The Morgan fingerprint density at radius 1 is 1.32 bits per heavy atom. The van der Waals surface area contributed by atoms with Crippen molar-refractivity contribution in [2.75, 3.05) is 11.9 Å². The summed E-state index contributed by atoms with van der Waals surface area (Å²) in [4.78, 5) is 4.23. The van der Waals surface area contributed by atoms with Gasteiger partial charge >= 0.3 is 0 Å². The van der Waals surface area contributed by atoms with Crippen LogP contribution in [0.15, 0.2) is 30.7 Å². The second-order valence-corrected chi connectivity index (χ2v) is 5.28. The summed E-state index contributed by atoms with van der Waals surface area (Å²) in [6.45, 7) is 3.12. The van der Waals surface area contributed by atoms with Crippen molar-refractivity contribution >= 4 is 22.1 Å². The van der Waals surface area contributed by atoms with Gasteiger partial charge in [-0.3, -0.25) is 0 Å². The van der Waals surface area contributed by atoms with Gasteiger partial charge in [-0.15, -0.1) is 10.2 Å². The molecule has 3 heterocycles. The number of nitrogens with zero attached hydrogens (tertiary/aromatic N) is 4. The lowest BCUT2D eigenvalue weighted by molar-refractivity contribution is 0.831. The molecule has 0 aliphatic carbocycles. The van der Waals surface area contributed by atoms with Gasteiger partial charge in [-0.25, -0.2) is 4.98 Å². The molecule has 0 spiro atoms. The molecule has 3 aromatic rings. The molecule has 0 atom stereocenters. The minimum Gasteiger partial charge on any atom is -0.360 e. The predicted octanol–water partition coefficient (Wildman–Crippen LogP) is 3.06. The van der Waals surface area contributed by atoms with E-state index in [1.807, 2.05) is 28.9 Å². The normalized spacial score (nSPS) is 11.0. The highest BCUT2D eigenvalue weighted by Gasteiger charge is 2.07. The molecule has 5 nitrogen and oxygen atoms in total. The average Bonchev–Trinajstić information content (AvgIpc) is 3.06. The summed E-state index contributed by atoms with van der Waals surface area (Å²) >= 11 is 1.58. The highest BCUT2D eigenvalue weighted by atomic mass is 32.1. The number of hydrogen-bond donors (Lipinski definition) is 1. The van der Waals surface area contributed by atoms with Crippen molar-refractivity contribution in [1.82, 2.24) is 19.6 Å². The number of hydrogen-bond acceptors (Lipinski definition) is 5. The van der Waals surface area contributed by atoms with Gasteiger partial charge in [0.05, 0.1) is 0 Å². The highest BCUT2D eigenvalue weighted by Crippen LogP contribution is 2.26. The Morgan fingerprint density at radius 3 is 3.16 bits per heavy atom. The van der Waals surface area contributed by atoms with Gasteiger partial charge in [0.25, 0.3) is 0 Å². The van der Waals surface area contributed by atoms with Crippen molar-refractivity contribution in [2.45, 2.75) is 19.8 Å². The lowest BCUT2D eigenvalue weighted by Crippen LogP contribution is -1.99. The molecule has 98 valence electrons. The van der Waals surface area contributed by atoms with E-state index >= 15 is 0 Å². The summed E-state index contributed by atoms with van der Waals surface area (Å²) in [6.07, 6.45) is 8.07. The van der Waals surface area contributed by atoms with E-state index in [0.717, 1.165) is 34.3 Å². The maximum Gasteiger partial charge on any atom is 0.206 e. The van der Waals surface area contributed by atoms with E-state index in [4.69, 9.17) is 0 Å². The number of aromatic nitrogens is 4. The topological polar surface area (TPSA) is 55.1 Å². The van der Waals surface area contributed by atoms with Crippen LogP contribution in [0.4, 0.5) is 5.13 Å². The van der Waals surface area contributed by atoms with Gasteiger partial charge in [0.1, 0.15) is 5.65 Å². The van der Waals surface area contributed by atoms with Crippen LogP contribution in [-0.2, 0) is 0 Å². The molecule has 0 radical (unpaired) electrons. The summed E-state index contributed by atoms with van der Waals surface area (Å²) < 4.78 is 1.99. The Labute approximate surface area is 115 Å². The minimum atomic E-state index is 0.883. The summed E-state index contributed by atoms with van der Waals surface area (Å²) in [6, 6.07) is 4.01. The van der Waals surface area contributed by atoms with Crippen LogP contribution in [-0.4, -0.2) is 26.1 Å². The smallest absolute Gasteiger partial charge is 0.206 e. The highest BCUT2D eigenvalue weighted by molar-refractivity contribution is 7.18. The molecule has 0 aliphatic rings. The minimum absolute atomic E-state index is 0.883. The van der Waals surface area contributed by atoms with Gasteiger partial charge in [-0.05, 0) is 18.6 Å². The molecule has 3 aromatic heterocycles. The van der Waals surface area contributed by atoms with Crippen LogP contribution < -0.4 is 5.32 Å². The van der Waals surface area contributed by atoms with Crippen LogP contribution in [0.1, 0.15) is 19.8 Å². The Hall–Kier alpha value is -1.95. The molecule has 0 amide bonds. The number of unbranched alkanes of at least 4 members (excludes halogenated alkanes) is 1. The third-order valence-electron chi connectivity index (χ3n) is 2.87. The molecule has 0 unspecified atom stereocenters. The van der Waals surface area contributed by atoms with Crippen molar-refractivity contribution in [3.05, 3.63) is 30.7 Å². The fraction of sp³-hybridized carbons (Fsp3) is 0.308. The fourth-order valence-corrected chi connectivity index (χ4v) is 2.59. The maximum absolute atomic E-state index is 4.23. The summed E-state index contributed by atoms with van der Waals surface area (Å²) in [5, 5.41) is 13.5. The van der Waals surface area contributed by atoms with Gasteiger partial charge < -0.3 is 9.72 Å². The second kappa shape index (κ2) is 5.36. The Balaban J connectivity index is 1.81. The van der Waals surface area contributed by atoms with E-state index in [9.17, 15) is 0 Å². The lowest BCUT2D eigenvalue weighted by atomic mass is 10.3. The fourth-order valence-electron chi connectivity index (χ4n) is 1.83. The molecule has 0 saturated heterocycles. The molecule has 0 fully saturated rings. The first-order valence-corrected chi connectivity index (χ1v) is 7.19. The Morgan fingerprint density at radius 2 is 2.26 bits per heavy atom. The van der Waals surface area contributed by atoms with Crippen LogP contribution in [0.5, 0.6) is 0 Å². The molecule has 0 aromatic carbocycles. The van der Waals surface area contributed by atoms with Gasteiger partial charge in [0.15, 0.2) is 5.01 Å². The van der Waals surface area contributed by atoms with E-state index in [1.54, 1.807) is 17.5 Å². The number of fused-ring (bicyclic) bond motifs is 1. The molecule has 1 N–H and O–H groups in total. The van der Waals surface area contributed by atoms with E-state index in [2.05, 4.69) is 27.4 Å². The number of imidazole rings is 1. The monoisotopic (exact) mass is 273 g/mol. The van der Waals surface area contributed by atoms with Crippen LogP contribution in [0.3, 0.4) is 0 Å². The first kappa shape index (κ1) is 12.1. The molecule has 0 aliphatic heterocycles. The molecule has 0 bridgehead atoms. The number of rotatable bonds is 5.